The number of piperidine rings is 1. The fourth-order valence-corrected chi connectivity index (χ4v) is 3.53. The molecular formula is C19H26N4O3. The molecule has 2 amide bonds. The number of carbonyl (C=O) groups excluding carboxylic acids is 2. The predicted molar refractivity (Wildman–Crippen MR) is 99.8 cm³/mol. The zero-order valence-corrected chi connectivity index (χ0v) is 15.4. The number of aromatic nitrogens is 2. The minimum atomic E-state index is -0.187. The molecule has 1 aliphatic rings. The molecule has 0 radical (unpaired) electrons. The smallest absolute Gasteiger partial charge is 0.329 e. The lowest BCUT2D eigenvalue weighted by molar-refractivity contribution is -0.136. The number of rotatable bonds is 5. The van der Waals surface area contributed by atoms with Crippen molar-refractivity contribution in [3.8, 4) is 0 Å². The maximum Gasteiger partial charge on any atom is 0.329 e. The lowest BCUT2D eigenvalue weighted by atomic mass is 9.96. The van der Waals surface area contributed by atoms with E-state index in [2.05, 4.69) is 5.32 Å². The summed E-state index contributed by atoms with van der Waals surface area (Å²) in [5.74, 6) is -0.00836. The van der Waals surface area contributed by atoms with E-state index in [0.717, 1.165) is 17.5 Å². The van der Waals surface area contributed by atoms with E-state index >= 15 is 0 Å². The first kappa shape index (κ1) is 18.2. The van der Waals surface area contributed by atoms with E-state index in [0.29, 0.717) is 32.5 Å². The third kappa shape index (κ3) is 3.52. The number of benzene rings is 1. The summed E-state index contributed by atoms with van der Waals surface area (Å²) in [7, 11) is 1.71. The molecule has 1 saturated heterocycles. The molecule has 0 saturated carbocycles. The van der Waals surface area contributed by atoms with Crippen LogP contribution in [-0.2, 0) is 23.2 Å². The topological polar surface area (TPSA) is 76.3 Å². The summed E-state index contributed by atoms with van der Waals surface area (Å²) < 4.78 is 3.09. The second kappa shape index (κ2) is 7.76. The Morgan fingerprint density at radius 1 is 1.15 bits per heavy atom. The molecule has 7 heteroatoms. The minimum absolute atomic E-state index is 0.0223. The van der Waals surface area contributed by atoms with Crippen LogP contribution in [0.5, 0.6) is 0 Å². The molecule has 2 aromatic rings. The van der Waals surface area contributed by atoms with Crippen molar-refractivity contribution in [2.45, 2.75) is 32.7 Å². The van der Waals surface area contributed by atoms with Crippen molar-refractivity contribution in [3.05, 3.63) is 34.7 Å². The molecule has 1 aromatic heterocycles. The minimum Gasteiger partial charge on any atom is -0.356 e. The van der Waals surface area contributed by atoms with E-state index in [9.17, 15) is 14.4 Å². The maximum absolute atomic E-state index is 12.7. The molecule has 3 rings (SSSR count). The normalized spacial score (nSPS) is 15.4. The molecule has 0 aliphatic carbocycles. The van der Waals surface area contributed by atoms with Crippen molar-refractivity contribution in [3.63, 3.8) is 0 Å². The number of hydrogen-bond donors (Lipinski definition) is 1. The first-order valence-corrected chi connectivity index (χ1v) is 9.22. The van der Waals surface area contributed by atoms with E-state index < -0.39 is 0 Å². The average Bonchev–Trinajstić information content (AvgIpc) is 2.91. The Kier molecular flexibility index (Phi) is 5.44. The van der Waals surface area contributed by atoms with Gasteiger partial charge in [0.05, 0.1) is 11.0 Å². The summed E-state index contributed by atoms with van der Waals surface area (Å²) in [6.07, 6.45) is 2.26. The molecule has 1 aromatic carbocycles. The van der Waals surface area contributed by atoms with Crippen LogP contribution >= 0.6 is 0 Å². The van der Waals surface area contributed by atoms with Crippen LogP contribution in [0.15, 0.2) is 29.1 Å². The summed E-state index contributed by atoms with van der Waals surface area (Å²) >= 11 is 0. The van der Waals surface area contributed by atoms with Gasteiger partial charge in [0.2, 0.25) is 11.8 Å². The number of fused-ring (bicyclic) bond motifs is 1. The van der Waals surface area contributed by atoms with Gasteiger partial charge in [-0.15, -0.1) is 0 Å². The summed E-state index contributed by atoms with van der Waals surface area (Å²) in [5, 5.41) is 2.93. The van der Waals surface area contributed by atoms with Crippen molar-refractivity contribution in [2.24, 2.45) is 13.0 Å². The zero-order chi connectivity index (χ0) is 18.7. The van der Waals surface area contributed by atoms with Crippen LogP contribution in [-0.4, -0.2) is 45.5 Å². The van der Waals surface area contributed by atoms with Gasteiger partial charge in [0, 0.05) is 32.6 Å². The quantitative estimate of drug-likeness (QED) is 0.870. The standard InChI is InChI=1S/C19H26N4O3/c1-3-10-20-18(25)14-8-11-22(12-9-14)17(24)13-23-16-7-5-4-6-15(16)21(2)19(23)26/h4-7,14H,3,8-13H2,1-2H3,(H,20,25). The molecule has 1 fully saturated rings. The van der Waals surface area contributed by atoms with Gasteiger partial charge in [-0.1, -0.05) is 19.1 Å². The summed E-state index contributed by atoms with van der Waals surface area (Å²) in [6.45, 7) is 3.87. The van der Waals surface area contributed by atoms with Gasteiger partial charge in [-0.25, -0.2) is 4.79 Å². The van der Waals surface area contributed by atoms with Crippen molar-refractivity contribution in [1.29, 1.82) is 0 Å². The number of imidazole rings is 1. The third-order valence-corrected chi connectivity index (χ3v) is 5.11. The highest BCUT2D eigenvalue weighted by atomic mass is 16.2. The SMILES string of the molecule is CCCNC(=O)C1CCN(C(=O)Cn2c(=O)n(C)c3ccccc32)CC1. The van der Waals surface area contributed by atoms with E-state index in [1.165, 1.54) is 4.57 Å². The fourth-order valence-electron chi connectivity index (χ4n) is 3.53. The maximum atomic E-state index is 12.7. The van der Waals surface area contributed by atoms with Gasteiger partial charge in [-0.05, 0) is 31.4 Å². The van der Waals surface area contributed by atoms with E-state index in [-0.39, 0.29) is 30.0 Å². The highest BCUT2D eigenvalue weighted by Crippen LogP contribution is 2.18. The number of hydrogen-bond acceptors (Lipinski definition) is 3. The molecule has 0 spiro atoms. The van der Waals surface area contributed by atoms with Crippen LogP contribution in [0.2, 0.25) is 0 Å². The highest BCUT2D eigenvalue weighted by molar-refractivity contribution is 5.82. The summed E-state index contributed by atoms with van der Waals surface area (Å²) in [5.41, 5.74) is 1.40. The Morgan fingerprint density at radius 2 is 1.81 bits per heavy atom. The van der Waals surface area contributed by atoms with E-state index in [1.807, 2.05) is 31.2 Å². The number of likely N-dealkylation sites (tertiary alicyclic amines) is 1. The number of nitrogens with one attached hydrogen (secondary N) is 1. The predicted octanol–water partition coefficient (Wildman–Crippen LogP) is 1.10. The van der Waals surface area contributed by atoms with Crippen LogP contribution in [0.3, 0.4) is 0 Å². The van der Waals surface area contributed by atoms with Crippen LogP contribution in [0.25, 0.3) is 11.0 Å². The van der Waals surface area contributed by atoms with Gasteiger partial charge in [0.1, 0.15) is 6.54 Å². The first-order valence-electron chi connectivity index (χ1n) is 9.22. The lowest BCUT2D eigenvalue weighted by Crippen LogP contribution is -2.44. The number of aryl methyl sites for hydroxylation is 1. The van der Waals surface area contributed by atoms with Gasteiger partial charge < -0.3 is 10.2 Å². The van der Waals surface area contributed by atoms with Crippen LogP contribution < -0.4 is 11.0 Å². The molecular weight excluding hydrogens is 332 g/mol. The fraction of sp³-hybridized carbons (Fsp3) is 0.526. The van der Waals surface area contributed by atoms with Gasteiger partial charge in [0.15, 0.2) is 0 Å². The summed E-state index contributed by atoms with van der Waals surface area (Å²) in [4.78, 5) is 38.9. The summed E-state index contributed by atoms with van der Waals surface area (Å²) in [6, 6.07) is 7.47. The Balaban J connectivity index is 1.65. The molecule has 0 unspecified atom stereocenters. The Bertz CT molecular complexity index is 859. The molecule has 1 N–H and O–H groups in total. The van der Waals surface area contributed by atoms with Gasteiger partial charge in [0.25, 0.3) is 0 Å². The first-order chi connectivity index (χ1) is 12.5. The molecule has 26 heavy (non-hydrogen) atoms. The number of nitrogens with zero attached hydrogens (tertiary/aromatic N) is 3. The number of amides is 2. The van der Waals surface area contributed by atoms with Gasteiger partial charge in [-0.2, -0.15) is 0 Å². The highest BCUT2D eigenvalue weighted by Gasteiger charge is 2.27. The Morgan fingerprint density at radius 3 is 2.46 bits per heavy atom. The van der Waals surface area contributed by atoms with Crippen LogP contribution in [0.1, 0.15) is 26.2 Å². The number of carbonyl (C=O) groups is 2. The molecule has 0 atom stereocenters. The van der Waals surface area contributed by atoms with Crippen LogP contribution in [0.4, 0.5) is 0 Å². The van der Waals surface area contributed by atoms with E-state index in [4.69, 9.17) is 0 Å². The Labute approximate surface area is 152 Å². The molecule has 7 nitrogen and oxygen atoms in total. The second-order valence-electron chi connectivity index (χ2n) is 6.86. The van der Waals surface area contributed by atoms with Crippen molar-refractivity contribution >= 4 is 22.8 Å². The average molecular weight is 358 g/mol. The lowest BCUT2D eigenvalue weighted by Gasteiger charge is -2.31. The largest absolute Gasteiger partial charge is 0.356 e. The number of para-hydroxylation sites is 2. The zero-order valence-electron chi connectivity index (χ0n) is 15.4. The van der Waals surface area contributed by atoms with Crippen LogP contribution in [0, 0.1) is 5.92 Å². The molecule has 140 valence electrons. The van der Waals surface area contributed by atoms with Gasteiger partial charge in [-0.3, -0.25) is 18.7 Å². The third-order valence-electron chi connectivity index (χ3n) is 5.11. The molecule has 1 aliphatic heterocycles. The Hall–Kier alpha value is -2.57. The molecule has 2 heterocycles. The van der Waals surface area contributed by atoms with Gasteiger partial charge >= 0.3 is 5.69 Å². The van der Waals surface area contributed by atoms with Crippen molar-refractivity contribution in [1.82, 2.24) is 19.4 Å². The van der Waals surface area contributed by atoms with Crippen molar-refractivity contribution in [2.75, 3.05) is 19.6 Å². The molecule has 0 bridgehead atoms. The van der Waals surface area contributed by atoms with E-state index in [1.54, 1.807) is 16.5 Å². The second-order valence-corrected chi connectivity index (χ2v) is 6.86. The van der Waals surface area contributed by atoms with Crippen molar-refractivity contribution < 1.29 is 9.59 Å². The monoisotopic (exact) mass is 358 g/mol.